The maximum Gasteiger partial charge on any atom is 0.407 e. The quantitative estimate of drug-likeness (QED) is 0.597. The largest absolute Gasteiger partial charge is 0.444 e. The number of aromatic amines is 1. The maximum atomic E-state index is 11.5. The Hall–Kier alpha value is -1.95. The summed E-state index contributed by atoms with van der Waals surface area (Å²) in [4.78, 5) is 16.8. The van der Waals surface area contributed by atoms with E-state index >= 15 is 0 Å². The van der Waals surface area contributed by atoms with Crippen LogP contribution >= 0.6 is 0 Å². The summed E-state index contributed by atoms with van der Waals surface area (Å²) in [6, 6.07) is 0. The van der Waals surface area contributed by atoms with Gasteiger partial charge in [-0.15, -0.1) is 0 Å². The van der Waals surface area contributed by atoms with Crippen LogP contribution in [0.4, 0.5) is 10.6 Å². The molecule has 1 heterocycles. The molecule has 2 N–H and O–H groups in total. The highest BCUT2D eigenvalue weighted by Gasteiger charge is 2.17. The van der Waals surface area contributed by atoms with Crippen molar-refractivity contribution in [2.45, 2.75) is 46.4 Å². The number of H-pyrrole nitrogens is 1. The van der Waals surface area contributed by atoms with Crippen LogP contribution in [0.15, 0.2) is 12.8 Å². The van der Waals surface area contributed by atoms with E-state index in [0.717, 1.165) is 16.9 Å². The first-order valence-electron chi connectivity index (χ1n) is 7.77. The van der Waals surface area contributed by atoms with Crippen LogP contribution in [-0.4, -0.2) is 43.1 Å². The summed E-state index contributed by atoms with van der Waals surface area (Å²) >= 11 is 0. The van der Waals surface area contributed by atoms with Gasteiger partial charge in [0, 0.05) is 25.4 Å². The highest BCUT2D eigenvalue weighted by atomic mass is 16.6. The van der Waals surface area contributed by atoms with Gasteiger partial charge in [0.25, 0.3) is 0 Å². The van der Waals surface area contributed by atoms with Gasteiger partial charge in [-0.05, 0) is 40.2 Å². The fraction of sp³-hybridized carbons (Fsp3) is 0.588. The van der Waals surface area contributed by atoms with E-state index in [0.29, 0.717) is 13.2 Å². The number of carbonyl (C=O) groups is 1. The summed E-state index contributed by atoms with van der Waals surface area (Å²) in [6.07, 6.45) is 3.19. The highest BCUT2D eigenvalue weighted by Crippen LogP contribution is 2.24. The SMILES string of the molecule is C=Cc1c(C)c[nH]c1N(C)C(C)OCCNC(=O)OC(C)(C)C. The average molecular weight is 323 g/mol. The molecule has 0 saturated carbocycles. The molecule has 1 rings (SSSR count). The third-order valence-electron chi connectivity index (χ3n) is 3.34. The van der Waals surface area contributed by atoms with Crippen LogP contribution in [0, 0.1) is 6.92 Å². The molecule has 0 aromatic carbocycles. The van der Waals surface area contributed by atoms with Gasteiger partial charge >= 0.3 is 6.09 Å². The average Bonchev–Trinajstić information content (AvgIpc) is 2.81. The molecule has 0 radical (unpaired) electrons. The fourth-order valence-electron chi connectivity index (χ4n) is 2.06. The van der Waals surface area contributed by atoms with E-state index in [-0.39, 0.29) is 6.23 Å². The van der Waals surface area contributed by atoms with Gasteiger partial charge in [-0.2, -0.15) is 0 Å². The molecule has 0 aliphatic carbocycles. The third kappa shape index (κ3) is 5.98. The van der Waals surface area contributed by atoms with E-state index in [4.69, 9.17) is 9.47 Å². The van der Waals surface area contributed by atoms with Gasteiger partial charge in [-0.1, -0.05) is 12.7 Å². The smallest absolute Gasteiger partial charge is 0.407 e. The Labute approximate surface area is 138 Å². The monoisotopic (exact) mass is 323 g/mol. The first-order valence-corrected chi connectivity index (χ1v) is 7.77. The second-order valence-corrected chi connectivity index (χ2v) is 6.45. The van der Waals surface area contributed by atoms with E-state index < -0.39 is 11.7 Å². The summed E-state index contributed by atoms with van der Waals surface area (Å²) in [5.41, 5.74) is 1.71. The predicted molar refractivity (Wildman–Crippen MR) is 93.7 cm³/mol. The second-order valence-electron chi connectivity index (χ2n) is 6.45. The van der Waals surface area contributed by atoms with Crippen molar-refractivity contribution in [3.05, 3.63) is 23.9 Å². The zero-order valence-corrected chi connectivity index (χ0v) is 15.0. The standard InChI is InChI=1S/C17H29N3O3/c1-8-14-12(2)11-19-15(14)20(7)13(3)22-10-9-18-16(21)23-17(4,5)6/h8,11,13,19H,1,9-10H2,2-7H3,(H,18,21). The van der Waals surface area contributed by atoms with Crippen LogP contribution in [0.5, 0.6) is 0 Å². The van der Waals surface area contributed by atoms with Crippen molar-refractivity contribution in [3.63, 3.8) is 0 Å². The molecule has 6 heteroatoms. The lowest BCUT2D eigenvalue weighted by atomic mass is 10.2. The first kappa shape index (κ1) is 19.1. The van der Waals surface area contributed by atoms with Crippen molar-refractivity contribution >= 4 is 18.0 Å². The molecule has 0 aliphatic heterocycles. The summed E-state index contributed by atoms with van der Waals surface area (Å²) in [5, 5.41) is 2.67. The summed E-state index contributed by atoms with van der Waals surface area (Å²) in [6.45, 7) is 14.1. The van der Waals surface area contributed by atoms with Crippen molar-refractivity contribution < 1.29 is 14.3 Å². The lowest BCUT2D eigenvalue weighted by molar-refractivity contribution is 0.0435. The second kappa shape index (κ2) is 8.06. The lowest BCUT2D eigenvalue weighted by Crippen LogP contribution is -2.37. The number of alkyl carbamates (subject to hydrolysis) is 1. The van der Waals surface area contributed by atoms with E-state index in [2.05, 4.69) is 16.9 Å². The number of hydrogen-bond donors (Lipinski definition) is 2. The zero-order chi connectivity index (χ0) is 17.6. The number of anilines is 1. The molecule has 0 fully saturated rings. The van der Waals surface area contributed by atoms with Gasteiger partial charge in [0.05, 0.1) is 6.61 Å². The van der Waals surface area contributed by atoms with Crippen molar-refractivity contribution in [1.82, 2.24) is 10.3 Å². The molecule has 6 nitrogen and oxygen atoms in total. The Morgan fingerprint density at radius 1 is 1.52 bits per heavy atom. The molecule has 1 aromatic rings. The van der Waals surface area contributed by atoms with Crippen LogP contribution in [0.3, 0.4) is 0 Å². The van der Waals surface area contributed by atoms with Crippen molar-refractivity contribution in [1.29, 1.82) is 0 Å². The van der Waals surface area contributed by atoms with Gasteiger partial charge in [0.15, 0.2) is 0 Å². The molecular weight excluding hydrogens is 294 g/mol. The number of nitrogens with zero attached hydrogens (tertiary/aromatic N) is 1. The number of nitrogens with one attached hydrogen (secondary N) is 2. The summed E-state index contributed by atoms with van der Waals surface area (Å²) < 4.78 is 10.9. The van der Waals surface area contributed by atoms with Gasteiger partial charge < -0.3 is 24.7 Å². The molecule has 0 aliphatic rings. The highest BCUT2D eigenvalue weighted by molar-refractivity contribution is 5.67. The minimum Gasteiger partial charge on any atom is -0.444 e. The van der Waals surface area contributed by atoms with Gasteiger partial charge in [-0.3, -0.25) is 0 Å². The molecule has 1 unspecified atom stereocenters. The van der Waals surface area contributed by atoms with Crippen LogP contribution in [0.25, 0.3) is 6.08 Å². The molecule has 1 aromatic heterocycles. The molecule has 0 saturated heterocycles. The minimum absolute atomic E-state index is 0.146. The number of hydrogen-bond acceptors (Lipinski definition) is 4. The molecule has 1 amide bonds. The number of ether oxygens (including phenoxy) is 2. The zero-order valence-electron chi connectivity index (χ0n) is 15.0. The van der Waals surface area contributed by atoms with Crippen LogP contribution in [-0.2, 0) is 9.47 Å². The molecule has 1 atom stereocenters. The number of rotatable bonds is 7. The number of aromatic nitrogens is 1. The maximum absolute atomic E-state index is 11.5. The summed E-state index contributed by atoms with van der Waals surface area (Å²) in [7, 11) is 1.95. The van der Waals surface area contributed by atoms with Crippen LogP contribution in [0.1, 0.15) is 38.8 Å². The van der Waals surface area contributed by atoms with E-state index in [9.17, 15) is 4.79 Å². The van der Waals surface area contributed by atoms with Crippen LogP contribution < -0.4 is 10.2 Å². The van der Waals surface area contributed by atoms with E-state index in [1.54, 1.807) is 0 Å². The predicted octanol–water partition coefficient (Wildman–Crippen LogP) is 3.29. The Morgan fingerprint density at radius 3 is 2.74 bits per heavy atom. The molecule has 0 spiro atoms. The molecule has 130 valence electrons. The molecule has 0 bridgehead atoms. The normalized spacial score (nSPS) is 12.6. The van der Waals surface area contributed by atoms with Gasteiger partial charge in [0.1, 0.15) is 17.6 Å². The Morgan fingerprint density at radius 2 is 2.17 bits per heavy atom. The van der Waals surface area contributed by atoms with Gasteiger partial charge in [-0.25, -0.2) is 4.79 Å². The fourth-order valence-corrected chi connectivity index (χ4v) is 2.06. The van der Waals surface area contributed by atoms with Crippen molar-refractivity contribution in [2.75, 3.05) is 25.1 Å². The number of aryl methyl sites for hydroxylation is 1. The van der Waals surface area contributed by atoms with Crippen molar-refractivity contribution in [2.24, 2.45) is 0 Å². The van der Waals surface area contributed by atoms with E-state index in [1.807, 2.05) is 58.8 Å². The number of amides is 1. The molecule has 23 heavy (non-hydrogen) atoms. The van der Waals surface area contributed by atoms with Crippen LogP contribution in [0.2, 0.25) is 0 Å². The first-order chi connectivity index (χ1) is 10.7. The Balaban J connectivity index is 2.40. The Bertz CT molecular complexity index is 532. The third-order valence-corrected chi connectivity index (χ3v) is 3.34. The van der Waals surface area contributed by atoms with Crippen molar-refractivity contribution in [3.8, 4) is 0 Å². The minimum atomic E-state index is -0.495. The molecular formula is C17H29N3O3. The Kier molecular flexibility index (Phi) is 6.69. The summed E-state index contributed by atoms with van der Waals surface area (Å²) in [5.74, 6) is 0.963. The topological polar surface area (TPSA) is 66.6 Å². The lowest BCUT2D eigenvalue weighted by Gasteiger charge is -2.27. The van der Waals surface area contributed by atoms with Gasteiger partial charge in [0.2, 0.25) is 0 Å². The number of carbonyl (C=O) groups excluding carboxylic acids is 1. The van der Waals surface area contributed by atoms with E-state index in [1.165, 1.54) is 0 Å².